The molecule has 0 aromatic heterocycles. The minimum Gasteiger partial charge on any atom is -0.462 e. The van der Waals surface area contributed by atoms with Crippen molar-refractivity contribution in [3.63, 3.8) is 0 Å². The second kappa shape index (κ2) is 6.91. The highest BCUT2D eigenvalue weighted by molar-refractivity contribution is 7.90. The summed E-state index contributed by atoms with van der Waals surface area (Å²) in [4.78, 5) is 20.9. The standard InChI is InChI=1S/C11H9F2NO6S/c1-2-19-10(16)7-4-3-5-8(20-11(12)13)9(7)21(17,18)14-6-15/h3-5,11H,2H2,1H3. The van der Waals surface area contributed by atoms with E-state index in [0.29, 0.717) is 0 Å². The van der Waals surface area contributed by atoms with Crippen molar-refractivity contribution in [2.24, 2.45) is 4.40 Å². The Bertz CT molecular complexity index is 682. The van der Waals surface area contributed by atoms with E-state index >= 15 is 0 Å². The van der Waals surface area contributed by atoms with Crippen LogP contribution in [0.2, 0.25) is 0 Å². The van der Waals surface area contributed by atoms with Gasteiger partial charge in [0.05, 0.1) is 12.2 Å². The van der Waals surface area contributed by atoms with Crippen LogP contribution in [0, 0.1) is 0 Å². The molecule has 21 heavy (non-hydrogen) atoms. The predicted molar refractivity (Wildman–Crippen MR) is 64.3 cm³/mol. The van der Waals surface area contributed by atoms with Crippen LogP contribution in [0.3, 0.4) is 0 Å². The molecule has 0 bridgehead atoms. The van der Waals surface area contributed by atoms with Crippen molar-refractivity contribution in [2.45, 2.75) is 18.4 Å². The normalized spacial score (nSPS) is 10.9. The zero-order chi connectivity index (χ0) is 16.0. The van der Waals surface area contributed by atoms with Crippen molar-refractivity contribution in [1.29, 1.82) is 0 Å². The lowest BCUT2D eigenvalue weighted by atomic mass is 10.2. The zero-order valence-electron chi connectivity index (χ0n) is 10.6. The summed E-state index contributed by atoms with van der Waals surface area (Å²) in [6.45, 7) is -1.94. The Balaban J connectivity index is 3.59. The Morgan fingerprint density at radius 2 is 2.10 bits per heavy atom. The lowest BCUT2D eigenvalue weighted by Crippen LogP contribution is -2.14. The third-order valence-corrected chi connectivity index (χ3v) is 3.36. The third kappa shape index (κ3) is 4.07. The van der Waals surface area contributed by atoms with Crippen LogP contribution in [0.15, 0.2) is 27.5 Å². The highest BCUT2D eigenvalue weighted by Crippen LogP contribution is 2.30. The number of benzene rings is 1. The van der Waals surface area contributed by atoms with Crippen LogP contribution in [0.25, 0.3) is 0 Å². The Morgan fingerprint density at radius 1 is 1.43 bits per heavy atom. The maximum atomic E-state index is 12.3. The molecule has 1 rings (SSSR count). The van der Waals surface area contributed by atoms with Crippen LogP contribution in [-0.4, -0.2) is 33.7 Å². The fourth-order valence-electron chi connectivity index (χ4n) is 1.43. The van der Waals surface area contributed by atoms with E-state index in [9.17, 15) is 26.8 Å². The van der Waals surface area contributed by atoms with E-state index in [4.69, 9.17) is 0 Å². The van der Waals surface area contributed by atoms with Gasteiger partial charge in [0.2, 0.25) is 0 Å². The van der Waals surface area contributed by atoms with Gasteiger partial charge in [0.1, 0.15) is 10.6 Å². The number of ether oxygens (including phenoxy) is 2. The van der Waals surface area contributed by atoms with Gasteiger partial charge >= 0.3 is 12.6 Å². The van der Waals surface area contributed by atoms with Crippen LogP contribution >= 0.6 is 0 Å². The van der Waals surface area contributed by atoms with E-state index in [1.807, 2.05) is 0 Å². The molecular formula is C11H9F2NO6S. The van der Waals surface area contributed by atoms with E-state index in [1.165, 1.54) is 6.92 Å². The molecule has 0 amide bonds. The van der Waals surface area contributed by atoms with E-state index in [0.717, 1.165) is 24.3 Å². The molecule has 0 N–H and O–H groups in total. The molecule has 0 spiro atoms. The average Bonchev–Trinajstić information content (AvgIpc) is 2.37. The summed E-state index contributed by atoms with van der Waals surface area (Å²) in [7, 11) is -4.74. The van der Waals surface area contributed by atoms with Gasteiger partial charge in [-0.3, -0.25) is 0 Å². The smallest absolute Gasteiger partial charge is 0.387 e. The van der Waals surface area contributed by atoms with Gasteiger partial charge in [0, 0.05) is 0 Å². The number of halogens is 2. The van der Waals surface area contributed by atoms with Gasteiger partial charge in [-0.1, -0.05) is 10.5 Å². The summed E-state index contributed by atoms with van der Waals surface area (Å²) < 4.78 is 59.4. The number of rotatable bonds is 6. The van der Waals surface area contributed by atoms with Gasteiger partial charge in [-0.15, -0.1) is 0 Å². The molecule has 0 atom stereocenters. The number of hydrogen-bond donors (Lipinski definition) is 0. The zero-order valence-corrected chi connectivity index (χ0v) is 11.4. The first-order valence-electron chi connectivity index (χ1n) is 5.42. The SMILES string of the molecule is CCOC(=O)c1cccc(OC(F)F)c1S(=O)(=O)N=C=O. The molecule has 0 fully saturated rings. The van der Waals surface area contributed by atoms with Crippen LogP contribution in [-0.2, 0) is 19.6 Å². The molecule has 0 unspecified atom stereocenters. The molecule has 0 radical (unpaired) electrons. The molecule has 0 aliphatic heterocycles. The van der Waals surface area contributed by atoms with Crippen molar-refractivity contribution < 1.29 is 36.3 Å². The maximum absolute atomic E-state index is 12.3. The molecule has 114 valence electrons. The van der Waals surface area contributed by atoms with Crippen molar-refractivity contribution in [2.75, 3.05) is 6.61 Å². The monoisotopic (exact) mass is 321 g/mol. The number of isocyanates is 1. The van der Waals surface area contributed by atoms with Gasteiger partial charge in [0.25, 0.3) is 16.1 Å². The number of nitrogens with zero attached hydrogens (tertiary/aromatic N) is 1. The molecule has 0 heterocycles. The lowest BCUT2D eigenvalue weighted by Gasteiger charge is -2.12. The van der Waals surface area contributed by atoms with E-state index in [2.05, 4.69) is 13.9 Å². The predicted octanol–water partition coefficient (Wildman–Crippen LogP) is 1.49. The third-order valence-electron chi connectivity index (χ3n) is 2.11. The Labute approximate surface area is 118 Å². The highest BCUT2D eigenvalue weighted by Gasteiger charge is 2.29. The van der Waals surface area contributed by atoms with Crippen molar-refractivity contribution in [1.82, 2.24) is 0 Å². The fourth-order valence-corrected chi connectivity index (χ4v) is 2.42. The number of carbonyl (C=O) groups is 1. The lowest BCUT2D eigenvalue weighted by molar-refractivity contribution is -0.0518. The number of esters is 1. The molecule has 0 saturated heterocycles. The molecular weight excluding hydrogens is 312 g/mol. The second-order valence-corrected chi connectivity index (χ2v) is 4.93. The summed E-state index contributed by atoms with van der Waals surface area (Å²) in [6.07, 6.45) is 0.777. The summed E-state index contributed by atoms with van der Waals surface area (Å²) in [6, 6.07) is 3.03. The Hall–Kier alpha value is -2.32. The van der Waals surface area contributed by atoms with E-state index < -0.39 is 38.8 Å². The van der Waals surface area contributed by atoms with Crippen molar-refractivity contribution in [3.8, 4) is 5.75 Å². The summed E-state index contributed by atoms with van der Waals surface area (Å²) in [5.41, 5.74) is -0.575. The Morgan fingerprint density at radius 3 is 2.62 bits per heavy atom. The summed E-state index contributed by atoms with van der Waals surface area (Å²) in [5.74, 6) is -1.91. The van der Waals surface area contributed by atoms with Crippen molar-refractivity contribution in [3.05, 3.63) is 23.8 Å². The topological polar surface area (TPSA) is 99.1 Å². The summed E-state index contributed by atoms with van der Waals surface area (Å²) >= 11 is 0. The average molecular weight is 321 g/mol. The molecule has 0 saturated carbocycles. The van der Waals surface area contributed by atoms with E-state index in [1.54, 1.807) is 0 Å². The van der Waals surface area contributed by atoms with Crippen LogP contribution in [0.4, 0.5) is 8.78 Å². The van der Waals surface area contributed by atoms with Crippen molar-refractivity contribution >= 4 is 22.1 Å². The quantitative estimate of drug-likeness (QED) is 0.447. The number of hydrogen-bond acceptors (Lipinski definition) is 6. The molecule has 1 aromatic carbocycles. The minimum atomic E-state index is -4.74. The van der Waals surface area contributed by atoms with Gasteiger partial charge < -0.3 is 9.47 Å². The fraction of sp³-hybridized carbons (Fsp3) is 0.273. The first-order valence-corrected chi connectivity index (χ1v) is 6.86. The number of alkyl halides is 2. The number of sulfonamides is 1. The molecule has 10 heteroatoms. The first-order chi connectivity index (χ1) is 9.83. The first kappa shape index (κ1) is 16.7. The van der Waals surface area contributed by atoms with Crippen LogP contribution in [0.1, 0.15) is 17.3 Å². The molecule has 0 aliphatic rings. The van der Waals surface area contributed by atoms with Gasteiger partial charge in [-0.2, -0.15) is 17.2 Å². The molecule has 7 nitrogen and oxygen atoms in total. The molecule has 1 aromatic rings. The largest absolute Gasteiger partial charge is 0.462 e. The van der Waals surface area contributed by atoms with Crippen LogP contribution in [0.5, 0.6) is 5.75 Å². The van der Waals surface area contributed by atoms with Crippen LogP contribution < -0.4 is 4.74 Å². The van der Waals surface area contributed by atoms with Gasteiger partial charge in [0.15, 0.2) is 0 Å². The molecule has 0 aliphatic carbocycles. The van der Waals surface area contributed by atoms with Gasteiger partial charge in [-0.05, 0) is 19.1 Å². The second-order valence-electron chi connectivity index (χ2n) is 3.39. The van der Waals surface area contributed by atoms with E-state index in [-0.39, 0.29) is 6.61 Å². The maximum Gasteiger partial charge on any atom is 0.387 e. The number of carbonyl (C=O) groups excluding carboxylic acids is 2. The van der Waals surface area contributed by atoms with Gasteiger partial charge in [-0.25, -0.2) is 9.59 Å². The summed E-state index contributed by atoms with van der Waals surface area (Å²) in [5, 5.41) is 0. The minimum absolute atomic E-state index is 0.0742. The Kier molecular flexibility index (Phi) is 5.51. The highest BCUT2D eigenvalue weighted by atomic mass is 32.2.